The molecule has 0 saturated heterocycles. The van der Waals surface area contributed by atoms with Gasteiger partial charge in [0, 0.05) is 6.07 Å². The van der Waals surface area contributed by atoms with Gasteiger partial charge >= 0.3 is 0 Å². The molecular weight excluding hydrogens is 239 g/mol. The van der Waals surface area contributed by atoms with Gasteiger partial charge < -0.3 is 10.2 Å². The van der Waals surface area contributed by atoms with Gasteiger partial charge in [0.25, 0.3) is 0 Å². The van der Waals surface area contributed by atoms with Crippen LogP contribution < -0.4 is 16.0 Å². The van der Waals surface area contributed by atoms with Crippen molar-refractivity contribution in [3.05, 3.63) is 23.6 Å². The number of anilines is 1. The Balaban J connectivity index is 2.46. The van der Waals surface area contributed by atoms with Crippen LogP contribution in [0.4, 0.5) is 10.2 Å². The topological polar surface area (TPSA) is 98.8 Å². The number of hydrogen-bond acceptors (Lipinski definition) is 7. The first kappa shape index (κ1) is 12.1. The number of nitrogens with two attached hydrogens (primary N) is 1. The van der Waals surface area contributed by atoms with Crippen LogP contribution in [0.2, 0.25) is 0 Å². The number of halogens is 1. The first-order chi connectivity index (χ1) is 8.65. The lowest BCUT2D eigenvalue weighted by Crippen LogP contribution is -2.13. The lowest BCUT2D eigenvalue weighted by molar-refractivity contribution is 0.392. The molecule has 2 rings (SSSR count). The van der Waals surface area contributed by atoms with Gasteiger partial charge in [0.15, 0.2) is 17.5 Å². The Morgan fingerprint density at radius 1 is 1.28 bits per heavy atom. The Morgan fingerprint density at radius 3 is 2.61 bits per heavy atom. The van der Waals surface area contributed by atoms with E-state index in [1.807, 2.05) is 0 Å². The van der Waals surface area contributed by atoms with Gasteiger partial charge in [-0.15, -0.1) is 10.2 Å². The van der Waals surface area contributed by atoms with Crippen molar-refractivity contribution >= 4 is 5.82 Å². The Morgan fingerprint density at radius 2 is 2.06 bits per heavy atom. The van der Waals surface area contributed by atoms with Crippen LogP contribution in [0, 0.1) is 12.7 Å². The van der Waals surface area contributed by atoms with E-state index < -0.39 is 5.82 Å². The highest BCUT2D eigenvalue weighted by molar-refractivity contribution is 5.53. The van der Waals surface area contributed by atoms with Crippen LogP contribution in [0.15, 0.2) is 12.1 Å². The average molecular weight is 250 g/mol. The van der Waals surface area contributed by atoms with Crippen LogP contribution in [-0.2, 0) is 0 Å². The summed E-state index contributed by atoms with van der Waals surface area (Å²) in [4.78, 5) is 7.89. The fourth-order valence-corrected chi connectivity index (χ4v) is 1.32. The van der Waals surface area contributed by atoms with Gasteiger partial charge in [-0.05, 0) is 13.0 Å². The predicted molar refractivity (Wildman–Crippen MR) is 62.1 cm³/mol. The molecule has 0 aliphatic carbocycles. The minimum atomic E-state index is -0.595. The minimum absolute atomic E-state index is 0.0879. The highest BCUT2D eigenvalue weighted by Gasteiger charge is 2.13. The van der Waals surface area contributed by atoms with Gasteiger partial charge in [-0.2, -0.15) is 0 Å². The quantitative estimate of drug-likeness (QED) is 0.610. The van der Waals surface area contributed by atoms with E-state index in [9.17, 15) is 4.39 Å². The minimum Gasteiger partial charge on any atom is -0.480 e. The zero-order chi connectivity index (χ0) is 13.1. The molecule has 0 amide bonds. The third-order valence-electron chi connectivity index (χ3n) is 2.23. The molecule has 3 N–H and O–H groups in total. The standard InChI is InChI=1S/C10H11FN6O/c1-5-8(11)10(15-12)14-9(13-5)6-3-4-7(18-2)17-16-6/h3-4H,12H2,1-2H3,(H,13,14,15). The number of aromatic nitrogens is 4. The van der Waals surface area contributed by atoms with Crippen LogP contribution in [0.3, 0.4) is 0 Å². The number of hydrazine groups is 1. The van der Waals surface area contributed by atoms with Crippen molar-refractivity contribution in [1.29, 1.82) is 0 Å². The number of ether oxygens (including phenoxy) is 1. The van der Waals surface area contributed by atoms with Crippen LogP contribution in [0.25, 0.3) is 11.5 Å². The Bertz CT molecular complexity index is 559. The molecule has 0 atom stereocenters. The van der Waals surface area contributed by atoms with E-state index in [-0.39, 0.29) is 17.3 Å². The zero-order valence-electron chi connectivity index (χ0n) is 9.81. The van der Waals surface area contributed by atoms with E-state index in [0.717, 1.165) is 0 Å². The van der Waals surface area contributed by atoms with Crippen molar-refractivity contribution in [1.82, 2.24) is 20.2 Å². The van der Waals surface area contributed by atoms with E-state index in [2.05, 4.69) is 25.6 Å². The van der Waals surface area contributed by atoms with Gasteiger partial charge in [0.2, 0.25) is 5.88 Å². The van der Waals surface area contributed by atoms with Gasteiger partial charge in [-0.3, -0.25) is 0 Å². The maximum absolute atomic E-state index is 13.5. The van der Waals surface area contributed by atoms with Crippen molar-refractivity contribution < 1.29 is 9.13 Å². The third kappa shape index (κ3) is 2.18. The van der Waals surface area contributed by atoms with Gasteiger partial charge in [0.1, 0.15) is 5.69 Å². The van der Waals surface area contributed by atoms with Crippen LogP contribution in [-0.4, -0.2) is 27.3 Å². The van der Waals surface area contributed by atoms with Crippen LogP contribution in [0.1, 0.15) is 5.69 Å². The summed E-state index contributed by atoms with van der Waals surface area (Å²) in [7, 11) is 1.48. The summed E-state index contributed by atoms with van der Waals surface area (Å²) < 4.78 is 18.4. The molecule has 0 saturated carbocycles. The molecule has 0 aliphatic rings. The number of nitrogen functional groups attached to an aromatic ring is 1. The lowest BCUT2D eigenvalue weighted by atomic mass is 10.3. The van der Waals surface area contributed by atoms with Gasteiger partial charge in [0.05, 0.1) is 12.8 Å². The number of rotatable bonds is 3. The van der Waals surface area contributed by atoms with E-state index in [1.165, 1.54) is 14.0 Å². The first-order valence-corrected chi connectivity index (χ1v) is 5.04. The highest BCUT2D eigenvalue weighted by atomic mass is 19.1. The molecule has 2 aromatic rings. The molecule has 0 spiro atoms. The summed E-state index contributed by atoms with van der Waals surface area (Å²) >= 11 is 0. The summed E-state index contributed by atoms with van der Waals surface area (Å²) in [5, 5.41) is 7.66. The number of hydrogen-bond donors (Lipinski definition) is 2. The van der Waals surface area contributed by atoms with Crippen molar-refractivity contribution in [2.45, 2.75) is 6.92 Å². The van der Waals surface area contributed by atoms with E-state index in [4.69, 9.17) is 10.6 Å². The van der Waals surface area contributed by atoms with E-state index in [1.54, 1.807) is 12.1 Å². The Kier molecular flexibility index (Phi) is 3.28. The Hall–Kier alpha value is -2.35. The number of nitrogens with zero attached hydrogens (tertiary/aromatic N) is 4. The molecule has 7 nitrogen and oxygen atoms in total. The van der Waals surface area contributed by atoms with Crippen LogP contribution >= 0.6 is 0 Å². The zero-order valence-corrected chi connectivity index (χ0v) is 9.81. The molecule has 0 aliphatic heterocycles. The summed E-state index contributed by atoms with van der Waals surface area (Å²) in [6.07, 6.45) is 0. The highest BCUT2D eigenvalue weighted by Crippen LogP contribution is 2.19. The molecule has 2 heterocycles. The van der Waals surface area contributed by atoms with Crippen molar-refractivity contribution in [2.24, 2.45) is 5.84 Å². The lowest BCUT2D eigenvalue weighted by Gasteiger charge is -2.06. The van der Waals surface area contributed by atoms with Crippen molar-refractivity contribution in [3.8, 4) is 17.4 Å². The fraction of sp³-hybridized carbons (Fsp3) is 0.200. The monoisotopic (exact) mass is 250 g/mol. The SMILES string of the molecule is COc1ccc(-c2nc(C)c(F)c(NN)n2)nn1. The van der Waals surface area contributed by atoms with E-state index in [0.29, 0.717) is 11.6 Å². The molecule has 94 valence electrons. The maximum atomic E-state index is 13.5. The molecular formula is C10H11FN6O. The van der Waals surface area contributed by atoms with Gasteiger partial charge in [-0.1, -0.05) is 0 Å². The largest absolute Gasteiger partial charge is 0.480 e. The van der Waals surface area contributed by atoms with Gasteiger partial charge in [-0.25, -0.2) is 20.2 Å². The second-order valence-electron chi connectivity index (χ2n) is 3.40. The maximum Gasteiger partial charge on any atom is 0.233 e. The third-order valence-corrected chi connectivity index (χ3v) is 2.23. The second kappa shape index (κ2) is 4.88. The Labute approximate surface area is 102 Å². The summed E-state index contributed by atoms with van der Waals surface area (Å²) in [5.74, 6) is 5.10. The molecule has 0 aromatic carbocycles. The number of methoxy groups -OCH3 is 1. The summed E-state index contributed by atoms with van der Waals surface area (Å²) in [5.41, 5.74) is 2.74. The van der Waals surface area contributed by atoms with Crippen molar-refractivity contribution in [3.63, 3.8) is 0 Å². The molecule has 0 radical (unpaired) electrons. The number of nitrogens with one attached hydrogen (secondary N) is 1. The molecule has 18 heavy (non-hydrogen) atoms. The predicted octanol–water partition coefficient (Wildman–Crippen LogP) is 0.675. The number of aryl methyl sites for hydroxylation is 1. The average Bonchev–Trinajstić information content (AvgIpc) is 2.42. The summed E-state index contributed by atoms with van der Waals surface area (Å²) in [6, 6.07) is 3.23. The molecule has 0 unspecified atom stereocenters. The molecule has 0 bridgehead atoms. The molecule has 2 aromatic heterocycles. The summed E-state index contributed by atoms with van der Waals surface area (Å²) in [6.45, 7) is 1.51. The fourth-order valence-electron chi connectivity index (χ4n) is 1.32. The molecule has 8 heteroatoms. The van der Waals surface area contributed by atoms with Crippen molar-refractivity contribution in [2.75, 3.05) is 12.5 Å². The first-order valence-electron chi connectivity index (χ1n) is 5.04. The smallest absolute Gasteiger partial charge is 0.233 e. The molecule has 0 fully saturated rings. The normalized spacial score (nSPS) is 10.2. The van der Waals surface area contributed by atoms with Crippen LogP contribution in [0.5, 0.6) is 5.88 Å². The van der Waals surface area contributed by atoms with E-state index >= 15 is 0 Å². The second-order valence-corrected chi connectivity index (χ2v) is 3.40.